The van der Waals surface area contributed by atoms with E-state index in [0.717, 1.165) is 24.0 Å². The molecule has 1 aliphatic rings. The first kappa shape index (κ1) is 16.0. The molecule has 1 aliphatic heterocycles. The van der Waals surface area contributed by atoms with E-state index in [1.807, 2.05) is 0 Å². The Labute approximate surface area is 126 Å². The second kappa shape index (κ2) is 5.80. The highest BCUT2D eigenvalue weighted by Crippen LogP contribution is 2.40. The van der Waals surface area contributed by atoms with Gasteiger partial charge in [0.05, 0.1) is 17.2 Å². The van der Waals surface area contributed by atoms with E-state index in [4.69, 9.17) is 5.26 Å². The molecule has 0 radical (unpaired) electrons. The van der Waals surface area contributed by atoms with Crippen molar-refractivity contribution in [1.29, 1.82) is 5.26 Å². The van der Waals surface area contributed by atoms with Gasteiger partial charge in [0.2, 0.25) is 0 Å². The van der Waals surface area contributed by atoms with Gasteiger partial charge in [-0.2, -0.15) is 30.2 Å². The average Bonchev–Trinajstić information content (AvgIpc) is 2.40. The fourth-order valence-corrected chi connectivity index (χ4v) is 3.94. The van der Waals surface area contributed by atoms with E-state index in [2.05, 4.69) is 19.2 Å². The number of hydrogen-bond acceptors (Lipinski definition) is 3. The first-order chi connectivity index (χ1) is 9.74. The van der Waals surface area contributed by atoms with Crippen LogP contribution in [-0.4, -0.2) is 17.5 Å². The topological polar surface area (TPSA) is 35.8 Å². The van der Waals surface area contributed by atoms with Gasteiger partial charge < -0.3 is 5.32 Å². The number of nitriles is 1. The van der Waals surface area contributed by atoms with Crippen LogP contribution in [0.4, 0.5) is 18.9 Å². The predicted octanol–water partition coefficient (Wildman–Crippen LogP) is 4.52. The molecule has 0 bridgehead atoms. The van der Waals surface area contributed by atoms with Crippen molar-refractivity contribution in [2.24, 2.45) is 5.41 Å². The third-order valence-corrected chi connectivity index (χ3v) is 4.96. The lowest BCUT2D eigenvalue weighted by Gasteiger charge is -2.39. The van der Waals surface area contributed by atoms with Crippen LogP contribution in [0.5, 0.6) is 0 Å². The van der Waals surface area contributed by atoms with Crippen LogP contribution in [0, 0.1) is 16.7 Å². The molecule has 0 spiro atoms. The van der Waals surface area contributed by atoms with Gasteiger partial charge in [0.1, 0.15) is 0 Å². The van der Waals surface area contributed by atoms with Crippen LogP contribution < -0.4 is 5.32 Å². The zero-order valence-corrected chi connectivity index (χ0v) is 12.7. The fraction of sp³-hybridized carbons (Fsp3) is 0.533. The minimum Gasteiger partial charge on any atom is -0.380 e. The molecule has 1 saturated heterocycles. The summed E-state index contributed by atoms with van der Waals surface area (Å²) in [5.41, 5.74) is -0.748. The minimum absolute atomic E-state index is 0.0187. The van der Waals surface area contributed by atoms with Crippen molar-refractivity contribution in [3.05, 3.63) is 29.3 Å². The van der Waals surface area contributed by atoms with E-state index in [0.29, 0.717) is 0 Å². The molecule has 1 heterocycles. The van der Waals surface area contributed by atoms with Gasteiger partial charge in [-0.15, -0.1) is 0 Å². The van der Waals surface area contributed by atoms with E-state index < -0.39 is 11.7 Å². The van der Waals surface area contributed by atoms with E-state index in [1.165, 1.54) is 12.1 Å². The number of hydrogen-bond donors (Lipinski definition) is 1. The van der Waals surface area contributed by atoms with Gasteiger partial charge in [-0.1, -0.05) is 13.8 Å². The second-order valence-corrected chi connectivity index (χ2v) is 7.03. The molecule has 0 saturated carbocycles. The molecule has 21 heavy (non-hydrogen) atoms. The smallest absolute Gasteiger partial charge is 0.380 e. The molecule has 1 fully saturated rings. The zero-order chi connectivity index (χ0) is 15.7. The van der Waals surface area contributed by atoms with Crippen LogP contribution in [0.15, 0.2) is 18.2 Å². The van der Waals surface area contributed by atoms with E-state index in [9.17, 15) is 13.2 Å². The third-order valence-electron chi connectivity index (χ3n) is 3.90. The van der Waals surface area contributed by atoms with E-state index in [-0.39, 0.29) is 22.7 Å². The zero-order valence-electron chi connectivity index (χ0n) is 11.9. The van der Waals surface area contributed by atoms with Gasteiger partial charge in [-0.3, -0.25) is 0 Å². The molecule has 6 heteroatoms. The molecule has 1 unspecified atom stereocenters. The maximum absolute atomic E-state index is 13.2. The fourth-order valence-electron chi connectivity index (χ4n) is 2.34. The number of benzene rings is 1. The SMILES string of the molecule is CC1(C)CCSCC1Nc1ccc(C#N)cc1C(F)(F)F. The number of alkyl halides is 3. The van der Waals surface area contributed by atoms with Crippen LogP contribution in [0.25, 0.3) is 0 Å². The lowest BCUT2D eigenvalue weighted by atomic mass is 9.82. The first-order valence-corrected chi connectivity index (χ1v) is 7.85. The summed E-state index contributed by atoms with van der Waals surface area (Å²) in [6, 6.07) is 5.41. The van der Waals surface area contributed by atoms with Crippen LogP contribution in [0.2, 0.25) is 0 Å². The van der Waals surface area contributed by atoms with Crippen molar-refractivity contribution in [2.75, 3.05) is 16.8 Å². The molecule has 0 amide bonds. The molecule has 2 nitrogen and oxygen atoms in total. The largest absolute Gasteiger partial charge is 0.418 e. The van der Waals surface area contributed by atoms with E-state index in [1.54, 1.807) is 17.8 Å². The Morgan fingerprint density at radius 3 is 2.67 bits per heavy atom. The summed E-state index contributed by atoms with van der Waals surface area (Å²) in [6.45, 7) is 4.14. The highest BCUT2D eigenvalue weighted by atomic mass is 32.2. The maximum Gasteiger partial charge on any atom is 0.418 e. The van der Waals surface area contributed by atoms with Crippen LogP contribution in [0.1, 0.15) is 31.4 Å². The van der Waals surface area contributed by atoms with Crippen molar-refractivity contribution >= 4 is 17.4 Å². The van der Waals surface area contributed by atoms with Crippen LogP contribution in [-0.2, 0) is 6.18 Å². The number of thioether (sulfide) groups is 1. The Balaban J connectivity index is 2.33. The number of halogens is 3. The van der Waals surface area contributed by atoms with Crippen molar-refractivity contribution < 1.29 is 13.2 Å². The van der Waals surface area contributed by atoms with E-state index >= 15 is 0 Å². The normalized spacial score (nSPS) is 21.6. The number of nitrogens with one attached hydrogen (secondary N) is 1. The van der Waals surface area contributed by atoms with Gasteiger partial charge in [-0.25, -0.2) is 0 Å². The molecule has 1 N–H and O–H groups in total. The predicted molar refractivity (Wildman–Crippen MR) is 79.3 cm³/mol. The standard InChI is InChI=1S/C15H17F3N2S/c1-14(2)5-6-21-9-13(14)20-12-4-3-10(8-19)7-11(12)15(16,17)18/h3-4,7,13,20H,5-6,9H2,1-2H3. The van der Waals surface area contributed by atoms with Crippen molar-refractivity contribution in [2.45, 2.75) is 32.5 Å². The van der Waals surface area contributed by atoms with Crippen molar-refractivity contribution in [3.8, 4) is 6.07 Å². The number of nitrogens with zero attached hydrogens (tertiary/aromatic N) is 1. The molecule has 1 aromatic carbocycles. The van der Waals surface area contributed by atoms with Crippen molar-refractivity contribution in [3.63, 3.8) is 0 Å². The highest BCUT2D eigenvalue weighted by molar-refractivity contribution is 7.99. The lowest BCUT2D eigenvalue weighted by Crippen LogP contribution is -2.42. The summed E-state index contributed by atoms with van der Waals surface area (Å²) in [6.07, 6.45) is -3.51. The number of rotatable bonds is 2. The van der Waals surface area contributed by atoms with Crippen molar-refractivity contribution in [1.82, 2.24) is 0 Å². The average molecular weight is 314 g/mol. The quantitative estimate of drug-likeness (QED) is 0.872. The summed E-state index contributed by atoms with van der Waals surface area (Å²) in [5, 5.41) is 11.8. The molecular weight excluding hydrogens is 297 g/mol. The van der Waals surface area contributed by atoms with Crippen LogP contribution in [0.3, 0.4) is 0 Å². The molecule has 1 aromatic rings. The molecule has 114 valence electrons. The third kappa shape index (κ3) is 3.65. The summed E-state index contributed by atoms with van der Waals surface area (Å²) >= 11 is 1.75. The number of anilines is 1. The lowest BCUT2D eigenvalue weighted by molar-refractivity contribution is -0.137. The molecular formula is C15H17F3N2S. The Morgan fingerprint density at radius 1 is 1.38 bits per heavy atom. The Kier molecular flexibility index (Phi) is 4.43. The molecule has 0 aliphatic carbocycles. The van der Waals surface area contributed by atoms with Gasteiger partial charge in [-0.05, 0) is 35.8 Å². The molecule has 0 aromatic heterocycles. The highest BCUT2D eigenvalue weighted by Gasteiger charge is 2.37. The molecule has 2 rings (SSSR count). The van der Waals surface area contributed by atoms with Gasteiger partial charge >= 0.3 is 6.18 Å². The van der Waals surface area contributed by atoms with Gasteiger partial charge in [0.15, 0.2) is 0 Å². The first-order valence-electron chi connectivity index (χ1n) is 6.70. The minimum atomic E-state index is -4.47. The summed E-state index contributed by atoms with van der Waals surface area (Å²) in [7, 11) is 0. The Bertz CT molecular complexity index is 561. The van der Waals surface area contributed by atoms with Crippen LogP contribution >= 0.6 is 11.8 Å². The molecule has 1 atom stereocenters. The van der Waals surface area contributed by atoms with Gasteiger partial charge in [0, 0.05) is 17.5 Å². The summed E-state index contributed by atoms with van der Waals surface area (Å²) in [4.78, 5) is 0. The maximum atomic E-state index is 13.2. The van der Waals surface area contributed by atoms with Gasteiger partial charge in [0.25, 0.3) is 0 Å². The monoisotopic (exact) mass is 314 g/mol. The second-order valence-electron chi connectivity index (χ2n) is 5.88. The summed E-state index contributed by atoms with van der Waals surface area (Å²) in [5.74, 6) is 1.81. The Hall–Kier alpha value is -1.35. The summed E-state index contributed by atoms with van der Waals surface area (Å²) < 4.78 is 39.5. The Morgan fingerprint density at radius 2 is 2.10 bits per heavy atom.